The van der Waals surface area contributed by atoms with Gasteiger partial charge >= 0.3 is 5.97 Å². The predicted octanol–water partition coefficient (Wildman–Crippen LogP) is -1.51. The SMILES string of the molecule is COC(=O)C1OC(OC2CCC3(C)C(CCC4(C)C3CC=C3C5CC(C)(C)CC(O)C5(O)CCC34C)C2(C)CO)C(OC2OC(CO)C(O)C(O)C2OC2OC(CO)C(O)C(O)C2O)C(O)C1O. The maximum Gasteiger partial charge on any atom is 0.337 e. The minimum absolute atomic E-state index is 0.124. The first-order valence-electron chi connectivity index (χ1n) is 24.5. The third kappa shape index (κ3) is 8.16. The normalized spacial score (nSPS) is 54.6. The number of carbonyl (C=O) groups is 1. The molecular weight excluding hydrogens is 897 g/mol. The fourth-order valence-corrected chi connectivity index (χ4v) is 15.0. The van der Waals surface area contributed by atoms with Crippen molar-refractivity contribution in [3.63, 3.8) is 0 Å². The molecule has 25 unspecified atom stereocenters. The minimum atomic E-state index is -2.00. The highest BCUT2D eigenvalue weighted by Crippen LogP contribution is 2.75. The van der Waals surface area contributed by atoms with Crippen molar-refractivity contribution in [3.8, 4) is 0 Å². The van der Waals surface area contributed by atoms with Gasteiger partial charge in [-0.3, -0.25) is 0 Å². The Hall–Kier alpha value is -1.51. The smallest absolute Gasteiger partial charge is 0.337 e. The molecule has 0 aromatic rings. The Balaban J connectivity index is 1.08. The van der Waals surface area contributed by atoms with E-state index in [2.05, 4.69) is 40.7 Å². The molecule has 3 aliphatic heterocycles. The molecule has 12 N–H and O–H groups in total. The molecule has 0 amide bonds. The first-order chi connectivity index (χ1) is 31.8. The standard InChI is InChI=1S/C48H78O20/c1-43(2)16-22-21-8-9-26-44(3)12-11-28(45(4,20-51)25(44)10-13-47(26,6)46(21,5)14-15-48(22,61)27(52)17-43)65-42-38(34(58)33(57)36(66-42)39(60)62-7)68-41-37(32(56)30(54)24(19-50)64-41)67-40-35(59)31(55)29(53)23(18-49)63-40/h8,22-38,40-42,49-59,61H,9-20H2,1-7H3. The zero-order valence-electron chi connectivity index (χ0n) is 40.2. The molecule has 25 atom stereocenters. The van der Waals surface area contributed by atoms with Crippen LogP contribution in [0.1, 0.15) is 99.3 Å². The van der Waals surface area contributed by atoms with Crippen molar-refractivity contribution in [2.45, 2.75) is 209 Å². The average Bonchev–Trinajstić information content (AvgIpc) is 3.29. The van der Waals surface area contributed by atoms with Gasteiger partial charge in [-0.25, -0.2) is 4.79 Å². The van der Waals surface area contributed by atoms with E-state index in [1.165, 1.54) is 5.57 Å². The van der Waals surface area contributed by atoms with E-state index >= 15 is 0 Å². The Morgan fingerprint density at radius 1 is 0.662 bits per heavy atom. The molecule has 390 valence electrons. The molecule has 0 aromatic heterocycles. The zero-order chi connectivity index (χ0) is 49.8. The molecule has 68 heavy (non-hydrogen) atoms. The fraction of sp³-hybridized carbons (Fsp3) is 0.938. The van der Waals surface area contributed by atoms with E-state index in [4.69, 9.17) is 33.2 Å². The number of carbonyl (C=O) groups excluding carboxylic acids is 1. The maximum absolute atomic E-state index is 13.1. The Morgan fingerprint density at radius 3 is 1.87 bits per heavy atom. The van der Waals surface area contributed by atoms with Crippen molar-refractivity contribution < 1.29 is 99.2 Å². The van der Waals surface area contributed by atoms with Gasteiger partial charge in [0.2, 0.25) is 0 Å². The molecule has 4 saturated carbocycles. The van der Waals surface area contributed by atoms with Crippen LogP contribution in [0.25, 0.3) is 0 Å². The summed E-state index contributed by atoms with van der Waals surface area (Å²) in [6, 6.07) is 0. The molecule has 0 spiro atoms. The van der Waals surface area contributed by atoms with Crippen LogP contribution in [0, 0.1) is 44.8 Å². The topological polar surface area (TPSA) is 324 Å². The summed E-state index contributed by atoms with van der Waals surface area (Å²) < 4.78 is 41.3. The molecule has 0 radical (unpaired) electrons. The number of aliphatic hydroxyl groups excluding tert-OH is 11. The number of hydrogen-bond donors (Lipinski definition) is 12. The van der Waals surface area contributed by atoms with Crippen LogP contribution in [0.4, 0.5) is 0 Å². The number of esters is 1. The van der Waals surface area contributed by atoms with Gasteiger partial charge in [-0.2, -0.15) is 0 Å². The van der Waals surface area contributed by atoms with E-state index in [0.717, 1.165) is 32.8 Å². The van der Waals surface area contributed by atoms with Crippen LogP contribution in [0.5, 0.6) is 0 Å². The number of aliphatic hydroxyl groups is 12. The third-order valence-electron chi connectivity index (χ3n) is 19.2. The number of allylic oxidation sites excluding steroid dienone is 1. The van der Waals surface area contributed by atoms with Crippen LogP contribution in [-0.4, -0.2) is 204 Å². The molecule has 3 saturated heterocycles. The summed E-state index contributed by atoms with van der Waals surface area (Å²) in [6.07, 6.45) is -20.7. The third-order valence-corrected chi connectivity index (χ3v) is 19.2. The summed E-state index contributed by atoms with van der Waals surface area (Å²) >= 11 is 0. The molecule has 8 rings (SSSR count). The fourth-order valence-electron chi connectivity index (χ4n) is 15.0. The van der Waals surface area contributed by atoms with Crippen molar-refractivity contribution >= 4 is 5.97 Å². The van der Waals surface area contributed by atoms with Gasteiger partial charge in [-0.05, 0) is 91.3 Å². The maximum atomic E-state index is 13.1. The number of methoxy groups -OCH3 is 1. The first kappa shape index (κ1) is 52.8. The highest BCUT2D eigenvalue weighted by molar-refractivity contribution is 5.75. The lowest BCUT2D eigenvalue weighted by Crippen LogP contribution is -2.69. The summed E-state index contributed by atoms with van der Waals surface area (Å²) in [5.74, 6) is -1.17. The Kier molecular flexibility index (Phi) is 14.6. The van der Waals surface area contributed by atoms with Crippen molar-refractivity contribution in [1.29, 1.82) is 0 Å². The summed E-state index contributed by atoms with van der Waals surface area (Å²) in [5.41, 5.74) is -1.83. The van der Waals surface area contributed by atoms with Gasteiger partial charge in [0, 0.05) is 11.3 Å². The largest absolute Gasteiger partial charge is 0.467 e. The van der Waals surface area contributed by atoms with Crippen molar-refractivity contribution in [3.05, 3.63) is 11.6 Å². The Labute approximate surface area is 397 Å². The van der Waals surface area contributed by atoms with Gasteiger partial charge in [0.25, 0.3) is 0 Å². The second-order valence-electron chi connectivity index (χ2n) is 23.3. The molecule has 20 nitrogen and oxygen atoms in total. The van der Waals surface area contributed by atoms with Crippen molar-refractivity contribution in [2.24, 2.45) is 44.8 Å². The number of rotatable bonds is 10. The van der Waals surface area contributed by atoms with Crippen LogP contribution >= 0.6 is 0 Å². The molecule has 8 aliphatic rings. The summed E-state index contributed by atoms with van der Waals surface area (Å²) in [5, 5.41) is 132. The predicted molar refractivity (Wildman–Crippen MR) is 233 cm³/mol. The van der Waals surface area contributed by atoms with E-state index < -0.39 is 135 Å². The molecule has 0 aromatic carbocycles. The van der Waals surface area contributed by atoms with E-state index in [1.54, 1.807) is 0 Å². The number of ether oxygens (including phenoxy) is 7. The molecule has 7 fully saturated rings. The zero-order valence-corrected chi connectivity index (χ0v) is 40.2. The average molecular weight is 975 g/mol. The highest BCUT2D eigenvalue weighted by Gasteiger charge is 2.70. The molecule has 3 heterocycles. The van der Waals surface area contributed by atoms with E-state index in [0.29, 0.717) is 32.1 Å². The molecule has 0 bridgehead atoms. The number of fused-ring (bicyclic) bond motifs is 7. The second-order valence-corrected chi connectivity index (χ2v) is 23.3. The summed E-state index contributed by atoms with van der Waals surface area (Å²) in [7, 11) is 1.07. The lowest BCUT2D eigenvalue weighted by atomic mass is 9.34. The highest BCUT2D eigenvalue weighted by atomic mass is 16.8. The van der Waals surface area contributed by atoms with Crippen LogP contribution < -0.4 is 0 Å². The summed E-state index contributed by atoms with van der Waals surface area (Å²) in [6.45, 7) is 11.3. The first-order valence-corrected chi connectivity index (χ1v) is 24.5. The molecule has 20 heteroatoms. The van der Waals surface area contributed by atoms with Crippen LogP contribution in [0.15, 0.2) is 11.6 Å². The van der Waals surface area contributed by atoms with E-state index in [1.807, 2.05) is 6.92 Å². The van der Waals surface area contributed by atoms with Crippen LogP contribution in [0.3, 0.4) is 0 Å². The monoisotopic (exact) mass is 975 g/mol. The second kappa shape index (κ2) is 18.8. The van der Waals surface area contributed by atoms with Gasteiger partial charge in [-0.1, -0.05) is 53.2 Å². The Morgan fingerprint density at radius 2 is 1.25 bits per heavy atom. The van der Waals surface area contributed by atoms with Gasteiger partial charge in [0.05, 0.1) is 44.7 Å². The minimum Gasteiger partial charge on any atom is -0.467 e. The van der Waals surface area contributed by atoms with Crippen molar-refractivity contribution in [1.82, 2.24) is 0 Å². The van der Waals surface area contributed by atoms with E-state index in [-0.39, 0.29) is 46.0 Å². The van der Waals surface area contributed by atoms with Crippen LogP contribution in [0.2, 0.25) is 0 Å². The quantitative estimate of drug-likeness (QED) is 0.0673. The lowest BCUT2D eigenvalue weighted by molar-refractivity contribution is -0.397. The van der Waals surface area contributed by atoms with E-state index in [9.17, 15) is 66.1 Å². The Bertz CT molecular complexity index is 1850. The van der Waals surface area contributed by atoms with Gasteiger partial charge in [0.15, 0.2) is 25.0 Å². The van der Waals surface area contributed by atoms with Crippen molar-refractivity contribution in [2.75, 3.05) is 26.9 Å². The van der Waals surface area contributed by atoms with Crippen LogP contribution in [-0.2, 0) is 38.0 Å². The number of hydrogen-bond acceptors (Lipinski definition) is 20. The van der Waals surface area contributed by atoms with Gasteiger partial charge in [0.1, 0.15) is 67.1 Å². The van der Waals surface area contributed by atoms with Gasteiger partial charge < -0.3 is 94.4 Å². The summed E-state index contributed by atoms with van der Waals surface area (Å²) in [4.78, 5) is 13.1. The van der Waals surface area contributed by atoms with Gasteiger partial charge in [-0.15, -0.1) is 0 Å². The molecular formula is C48H78O20. The lowest BCUT2D eigenvalue weighted by Gasteiger charge is -2.71. The molecule has 5 aliphatic carbocycles.